The Morgan fingerprint density at radius 3 is 2.79 bits per heavy atom. The lowest BCUT2D eigenvalue weighted by molar-refractivity contribution is -0.159. The highest BCUT2D eigenvalue weighted by molar-refractivity contribution is 5.74. The maximum atomic E-state index is 11.3. The van der Waals surface area contributed by atoms with Gasteiger partial charge in [0, 0.05) is 0 Å². The number of piperidine rings is 1. The van der Waals surface area contributed by atoms with Crippen LogP contribution in [0.4, 0.5) is 0 Å². The molecule has 0 aromatic rings. The lowest BCUT2D eigenvalue weighted by Gasteiger charge is -2.33. The molecule has 0 aromatic heterocycles. The highest BCUT2D eigenvalue weighted by atomic mass is 16.6. The smallest absolute Gasteiger partial charge is 0.335 e. The van der Waals surface area contributed by atoms with Gasteiger partial charge in [0.2, 0.25) is 0 Å². The van der Waals surface area contributed by atoms with E-state index in [1.54, 1.807) is 0 Å². The van der Waals surface area contributed by atoms with Gasteiger partial charge in [-0.15, -0.1) is 0 Å². The van der Waals surface area contributed by atoms with Gasteiger partial charge in [0.25, 0.3) is 0 Å². The van der Waals surface area contributed by atoms with E-state index in [4.69, 9.17) is 4.74 Å². The average molecular weight is 199 g/mol. The van der Waals surface area contributed by atoms with Crippen molar-refractivity contribution in [3.05, 3.63) is 0 Å². The molecule has 1 spiro atoms. The molecule has 0 saturated carbocycles. The number of carbonyl (C=O) groups excluding carboxylic acids is 1. The van der Waals surface area contributed by atoms with Crippen LogP contribution in [0.5, 0.6) is 0 Å². The van der Waals surface area contributed by atoms with Crippen LogP contribution in [0.1, 0.15) is 25.7 Å². The molecule has 0 aromatic carbocycles. The van der Waals surface area contributed by atoms with Crippen molar-refractivity contribution in [1.29, 1.82) is 0 Å². The maximum absolute atomic E-state index is 11.3. The van der Waals surface area contributed by atoms with E-state index in [0.29, 0.717) is 0 Å². The van der Waals surface area contributed by atoms with Crippen LogP contribution in [0.15, 0.2) is 0 Å². The van der Waals surface area contributed by atoms with E-state index in [1.165, 1.54) is 7.11 Å². The molecule has 0 amide bonds. The van der Waals surface area contributed by atoms with Gasteiger partial charge in [-0.2, -0.15) is 0 Å². The van der Waals surface area contributed by atoms with E-state index >= 15 is 0 Å². The summed E-state index contributed by atoms with van der Waals surface area (Å²) in [6, 6.07) is 0. The number of hydrogen-bond donors (Lipinski definition) is 1. The lowest BCUT2D eigenvalue weighted by Crippen LogP contribution is -2.42. The molecule has 1 N–H and O–H groups in total. The fraction of sp³-hybridized carbons (Fsp3) is 0.900. The van der Waals surface area contributed by atoms with Crippen LogP contribution in [0.3, 0.4) is 0 Å². The van der Waals surface area contributed by atoms with E-state index in [-0.39, 0.29) is 17.7 Å². The Morgan fingerprint density at radius 2 is 2.14 bits per heavy atom. The van der Waals surface area contributed by atoms with E-state index in [1.807, 2.05) is 0 Å². The summed E-state index contributed by atoms with van der Waals surface area (Å²) in [6.07, 6.45) is 3.51. The van der Waals surface area contributed by atoms with Crippen molar-refractivity contribution >= 4 is 5.97 Å². The Kier molecular flexibility index (Phi) is 2.74. The standard InChI is InChI=1S/C10H17NO3/c1-13-9(12)8-2-3-10(14-8)4-6-11-7-5-10/h8,11H,2-7H2,1H3/t8-/m0/s1. The number of rotatable bonds is 1. The molecule has 4 heteroatoms. The normalized spacial score (nSPS) is 30.5. The van der Waals surface area contributed by atoms with Gasteiger partial charge in [-0.25, -0.2) is 4.79 Å². The molecule has 2 aliphatic heterocycles. The summed E-state index contributed by atoms with van der Waals surface area (Å²) in [7, 11) is 1.42. The molecule has 0 bridgehead atoms. The Bertz CT molecular complexity index is 223. The molecule has 80 valence electrons. The van der Waals surface area contributed by atoms with E-state index in [0.717, 1.165) is 38.8 Å². The van der Waals surface area contributed by atoms with Crippen LogP contribution in [-0.4, -0.2) is 37.9 Å². The summed E-state index contributed by atoms with van der Waals surface area (Å²) in [5, 5.41) is 3.30. The zero-order valence-corrected chi connectivity index (χ0v) is 8.54. The number of esters is 1. The largest absolute Gasteiger partial charge is 0.467 e. The van der Waals surface area contributed by atoms with Crippen LogP contribution in [0, 0.1) is 0 Å². The minimum atomic E-state index is -0.321. The minimum absolute atomic E-state index is 0.0376. The first-order valence-electron chi connectivity index (χ1n) is 5.22. The summed E-state index contributed by atoms with van der Waals surface area (Å²) in [6.45, 7) is 1.99. The molecule has 2 aliphatic rings. The average Bonchev–Trinajstić information content (AvgIpc) is 2.62. The highest BCUT2D eigenvalue weighted by Gasteiger charge is 2.43. The van der Waals surface area contributed by atoms with Crippen LogP contribution in [0.25, 0.3) is 0 Å². The maximum Gasteiger partial charge on any atom is 0.335 e. The molecule has 14 heavy (non-hydrogen) atoms. The van der Waals surface area contributed by atoms with Crippen molar-refractivity contribution in [3.63, 3.8) is 0 Å². The third kappa shape index (κ3) is 1.77. The summed E-state index contributed by atoms with van der Waals surface area (Å²) < 4.78 is 10.5. The summed E-state index contributed by atoms with van der Waals surface area (Å²) >= 11 is 0. The van der Waals surface area contributed by atoms with E-state index < -0.39 is 0 Å². The molecule has 0 unspecified atom stereocenters. The molecule has 2 fully saturated rings. The fourth-order valence-corrected chi connectivity index (χ4v) is 2.36. The van der Waals surface area contributed by atoms with Gasteiger partial charge in [0.1, 0.15) is 0 Å². The van der Waals surface area contributed by atoms with Crippen molar-refractivity contribution in [2.75, 3.05) is 20.2 Å². The first kappa shape index (κ1) is 9.93. The SMILES string of the molecule is COC(=O)[C@@H]1CCC2(CCNCC2)O1. The first-order chi connectivity index (χ1) is 6.76. The molecule has 0 radical (unpaired) electrons. The van der Waals surface area contributed by atoms with Crippen molar-refractivity contribution in [2.45, 2.75) is 37.4 Å². The van der Waals surface area contributed by atoms with Crippen LogP contribution >= 0.6 is 0 Å². The van der Waals surface area contributed by atoms with Crippen LogP contribution < -0.4 is 5.32 Å². The van der Waals surface area contributed by atoms with Crippen molar-refractivity contribution in [2.24, 2.45) is 0 Å². The number of carbonyl (C=O) groups is 1. The monoisotopic (exact) mass is 199 g/mol. The predicted molar refractivity (Wildman–Crippen MR) is 51.0 cm³/mol. The molecular weight excluding hydrogens is 182 g/mol. The zero-order chi connectivity index (χ0) is 10.0. The first-order valence-corrected chi connectivity index (χ1v) is 5.22. The van der Waals surface area contributed by atoms with Crippen molar-refractivity contribution < 1.29 is 14.3 Å². The Morgan fingerprint density at radius 1 is 1.43 bits per heavy atom. The predicted octanol–water partition coefficient (Wildman–Crippen LogP) is 0.461. The van der Waals surface area contributed by atoms with Gasteiger partial charge in [-0.05, 0) is 38.8 Å². The molecule has 0 aliphatic carbocycles. The molecule has 2 heterocycles. The van der Waals surface area contributed by atoms with Crippen LogP contribution in [-0.2, 0) is 14.3 Å². The summed E-state index contributed by atoms with van der Waals surface area (Å²) in [5.41, 5.74) is -0.0376. The van der Waals surface area contributed by atoms with Crippen molar-refractivity contribution in [3.8, 4) is 0 Å². The third-order valence-electron chi connectivity index (χ3n) is 3.23. The molecule has 1 atom stereocenters. The number of ether oxygens (including phenoxy) is 2. The quantitative estimate of drug-likeness (QED) is 0.623. The number of nitrogens with one attached hydrogen (secondary N) is 1. The second-order valence-electron chi connectivity index (χ2n) is 4.10. The number of methoxy groups -OCH3 is 1. The molecule has 2 rings (SSSR count). The van der Waals surface area contributed by atoms with E-state index in [9.17, 15) is 4.79 Å². The van der Waals surface area contributed by atoms with Gasteiger partial charge in [-0.3, -0.25) is 0 Å². The second kappa shape index (κ2) is 3.87. The fourth-order valence-electron chi connectivity index (χ4n) is 2.36. The van der Waals surface area contributed by atoms with E-state index in [2.05, 4.69) is 10.1 Å². The summed E-state index contributed by atoms with van der Waals surface area (Å²) in [5.74, 6) is -0.222. The van der Waals surface area contributed by atoms with Gasteiger partial charge in [0.15, 0.2) is 6.10 Å². The lowest BCUT2D eigenvalue weighted by atomic mass is 9.89. The minimum Gasteiger partial charge on any atom is -0.467 e. The number of hydrogen-bond acceptors (Lipinski definition) is 4. The molecular formula is C10H17NO3. The van der Waals surface area contributed by atoms with Crippen molar-refractivity contribution in [1.82, 2.24) is 5.32 Å². The van der Waals surface area contributed by atoms with Gasteiger partial charge >= 0.3 is 5.97 Å². The summed E-state index contributed by atoms with van der Waals surface area (Å²) in [4.78, 5) is 11.3. The van der Waals surface area contributed by atoms with Gasteiger partial charge in [0.05, 0.1) is 12.7 Å². The molecule has 4 nitrogen and oxygen atoms in total. The Labute approximate surface area is 84.0 Å². The Hall–Kier alpha value is -0.610. The highest BCUT2D eigenvalue weighted by Crippen LogP contribution is 2.37. The van der Waals surface area contributed by atoms with Gasteiger partial charge < -0.3 is 14.8 Å². The topological polar surface area (TPSA) is 47.6 Å². The van der Waals surface area contributed by atoms with Crippen LogP contribution in [0.2, 0.25) is 0 Å². The zero-order valence-electron chi connectivity index (χ0n) is 8.54. The Balaban J connectivity index is 1.95. The third-order valence-corrected chi connectivity index (χ3v) is 3.23. The molecule has 2 saturated heterocycles. The second-order valence-corrected chi connectivity index (χ2v) is 4.10. The van der Waals surface area contributed by atoms with Gasteiger partial charge in [-0.1, -0.05) is 0 Å².